The van der Waals surface area contributed by atoms with E-state index in [1.54, 1.807) is 0 Å². The third-order valence-electron chi connectivity index (χ3n) is 2.06. The van der Waals surface area contributed by atoms with Gasteiger partial charge in [0, 0.05) is 5.41 Å². The van der Waals surface area contributed by atoms with Gasteiger partial charge in [-0.15, -0.1) is 0 Å². The van der Waals surface area contributed by atoms with Gasteiger partial charge in [0.2, 0.25) is 0 Å². The van der Waals surface area contributed by atoms with Gasteiger partial charge in [-0.05, 0) is 18.6 Å². The fourth-order valence-electron chi connectivity index (χ4n) is 0.846. The van der Waals surface area contributed by atoms with Crippen molar-refractivity contribution < 1.29 is 10.2 Å². The molecule has 0 bridgehead atoms. The Labute approximate surface area is 67.7 Å². The Bertz CT molecular complexity index is 73.4. The van der Waals surface area contributed by atoms with Crippen molar-refractivity contribution in [2.24, 2.45) is 5.41 Å². The Kier molecular flexibility index (Phi) is 5.13. The molecule has 0 heterocycles. The van der Waals surface area contributed by atoms with Crippen molar-refractivity contribution in [1.82, 2.24) is 0 Å². The van der Waals surface area contributed by atoms with Crippen molar-refractivity contribution >= 4 is 12.6 Å². The zero-order valence-electron chi connectivity index (χ0n) is 6.38. The van der Waals surface area contributed by atoms with Gasteiger partial charge in [0.25, 0.3) is 0 Å². The van der Waals surface area contributed by atoms with Crippen molar-refractivity contribution in [3.63, 3.8) is 0 Å². The van der Waals surface area contributed by atoms with Crippen molar-refractivity contribution in [3.8, 4) is 0 Å². The Hall–Kier alpha value is 0.270. The fourth-order valence-corrected chi connectivity index (χ4v) is 1.32. The van der Waals surface area contributed by atoms with E-state index >= 15 is 0 Å². The van der Waals surface area contributed by atoms with Crippen molar-refractivity contribution in [2.45, 2.75) is 19.8 Å². The molecule has 0 aromatic rings. The molecule has 2 nitrogen and oxygen atoms in total. The first-order valence-corrected chi connectivity index (χ1v) is 4.20. The number of rotatable bonds is 5. The number of aliphatic hydroxyl groups is 2. The molecule has 0 saturated heterocycles. The van der Waals surface area contributed by atoms with Crippen molar-refractivity contribution in [1.29, 1.82) is 0 Å². The summed E-state index contributed by atoms with van der Waals surface area (Å²) in [7, 11) is 0. The van der Waals surface area contributed by atoms with E-state index in [4.69, 9.17) is 10.2 Å². The molecular weight excluding hydrogens is 148 g/mol. The van der Waals surface area contributed by atoms with Gasteiger partial charge in [-0.2, -0.15) is 12.6 Å². The van der Waals surface area contributed by atoms with E-state index in [0.717, 1.165) is 18.6 Å². The molecule has 10 heavy (non-hydrogen) atoms. The van der Waals surface area contributed by atoms with Gasteiger partial charge in [-0.1, -0.05) is 6.92 Å². The van der Waals surface area contributed by atoms with Crippen LogP contribution in [0.15, 0.2) is 0 Å². The van der Waals surface area contributed by atoms with Gasteiger partial charge in [0.1, 0.15) is 0 Å². The lowest BCUT2D eigenvalue weighted by Gasteiger charge is -2.27. The molecule has 62 valence electrons. The maximum atomic E-state index is 8.91. The van der Waals surface area contributed by atoms with Crippen LogP contribution in [-0.4, -0.2) is 29.2 Å². The highest BCUT2D eigenvalue weighted by molar-refractivity contribution is 7.80. The largest absolute Gasteiger partial charge is 0.396 e. The minimum Gasteiger partial charge on any atom is -0.396 e. The van der Waals surface area contributed by atoms with Gasteiger partial charge in [0.15, 0.2) is 0 Å². The van der Waals surface area contributed by atoms with E-state index < -0.39 is 0 Å². The SMILES string of the molecule is CCC(CO)(CO)CCS. The fraction of sp³-hybridized carbons (Fsp3) is 1.00. The second kappa shape index (κ2) is 4.99. The summed E-state index contributed by atoms with van der Waals surface area (Å²) in [5.74, 6) is 0.717. The van der Waals surface area contributed by atoms with Crippen molar-refractivity contribution in [2.75, 3.05) is 19.0 Å². The van der Waals surface area contributed by atoms with Crippen LogP contribution in [0.1, 0.15) is 19.8 Å². The van der Waals surface area contributed by atoms with E-state index in [1.807, 2.05) is 6.92 Å². The first kappa shape index (κ1) is 10.3. The molecule has 0 radical (unpaired) electrons. The van der Waals surface area contributed by atoms with Crippen LogP contribution < -0.4 is 0 Å². The summed E-state index contributed by atoms with van der Waals surface area (Å²) >= 11 is 4.05. The second-order valence-corrected chi connectivity index (χ2v) is 3.09. The summed E-state index contributed by atoms with van der Waals surface area (Å²) in [5, 5.41) is 17.8. The van der Waals surface area contributed by atoms with E-state index in [-0.39, 0.29) is 18.6 Å². The standard InChI is InChI=1S/C7H16O2S/c1-2-7(5-8,6-9)3-4-10/h8-10H,2-6H2,1H3. The van der Waals surface area contributed by atoms with Gasteiger partial charge in [-0.25, -0.2) is 0 Å². The molecule has 0 amide bonds. The lowest BCUT2D eigenvalue weighted by atomic mass is 9.84. The smallest absolute Gasteiger partial charge is 0.0509 e. The monoisotopic (exact) mass is 164 g/mol. The molecule has 2 N–H and O–H groups in total. The van der Waals surface area contributed by atoms with Crippen LogP contribution in [0.25, 0.3) is 0 Å². The highest BCUT2D eigenvalue weighted by atomic mass is 32.1. The lowest BCUT2D eigenvalue weighted by Crippen LogP contribution is -2.29. The summed E-state index contributed by atoms with van der Waals surface area (Å²) < 4.78 is 0. The summed E-state index contributed by atoms with van der Waals surface area (Å²) in [6, 6.07) is 0. The molecule has 0 aromatic carbocycles. The van der Waals surface area contributed by atoms with E-state index in [2.05, 4.69) is 12.6 Å². The van der Waals surface area contributed by atoms with E-state index in [0.29, 0.717) is 0 Å². The minimum absolute atomic E-state index is 0.0561. The quantitative estimate of drug-likeness (QED) is 0.523. The second-order valence-electron chi connectivity index (χ2n) is 2.64. The Balaban J connectivity index is 3.87. The number of aliphatic hydroxyl groups excluding tert-OH is 2. The third-order valence-corrected chi connectivity index (χ3v) is 2.29. The molecule has 0 spiro atoms. The highest BCUT2D eigenvalue weighted by Gasteiger charge is 2.24. The van der Waals surface area contributed by atoms with Gasteiger partial charge in [-0.3, -0.25) is 0 Å². The predicted octanol–water partition coefficient (Wildman–Crippen LogP) is 0.687. The topological polar surface area (TPSA) is 40.5 Å². The first-order valence-electron chi connectivity index (χ1n) is 3.57. The molecule has 0 aliphatic heterocycles. The number of thiol groups is 1. The molecule has 0 aromatic heterocycles. The molecule has 0 fully saturated rings. The summed E-state index contributed by atoms with van der Waals surface area (Å²) in [4.78, 5) is 0. The van der Waals surface area contributed by atoms with Crippen LogP contribution in [0.4, 0.5) is 0 Å². The summed E-state index contributed by atoms with van der Waals surface area (Å²) in [6.07, 6.45) is 1.58. The van der Waals surface area contributed by atoms with Crippen LogP contribution in [-0.2, 0) is 0 Å². The molecule has 0 saturated carbocycles. The number of hydrogen-bond donors (Lipinski definition) is 3. The molecule has 0 atom stereocenters. The van der Waals surface area contributed by atoms with Gasteiger partial charge < -0.3 is 10.2 Å². The Morgan fingerprint density at radius 1 is 1.30 bits per heavy atom. The lowest BCUT2D eigenvalue weighted by molar-refractivity contribution is 0.0490. The predicted molar refractivity (Wildman–Crippen MR) is 45.4 cm³/mol. The van der Waals surface area contributed by atoms with Crippen LogP contribution in [0.5, 0.6) is 0 Å². The van der Waals surface area contributed by atoms with Gasteiger partial charge in [0.05, 0.1) is 13.2 Å². The minimum atomic E-state index is -0.290. The maximum absolute atomic E-state index is 8.91. The highest BCUT2D eigenvalue weighted by Crippen LogP contribution is 2.25. The Morgan fingerprint density at radius 2 is 1.80 bits per heavy atom. The van der Waals surface area contributed by atoms with Crippen molar-refractivity contribution in [3.05, 3.63) is 0 Å². The molecule has 0 aliphatic rings. The average Bonchev–Trinajstić information content (AvgIpc) is 2.01. The first-order chi connectivity index (χ1) is 4.74. The zero-order valence-corrected chi connectivity index (χ0v) is 7.27. The van der Waals surface area contributed by atoms with Crippen LogP contribution >= 0.6 is 12.6 Å². The average molecular weight is 164 g/mol. The summed E-state index contributed by atoms with van der Waals surface area (Å²) in [5.41, 5.74) is -0.290. The Morgan fingerprint density at radius 3 is 1.90 bits per heavy atom. The maximum Gasteiger partial charge on any atom is 0.0509 e. The normalized spacial score (nSPS) is 12.0. The summed E-state index contributed by atoms with van der Waals surface area (Å²) in [6.45, 7) is 2.08. The van der Waals surface area contributed by atoms with Crippen LogP contribution in [0, 0.1) is 5.41 Å². The molecule has 0 unspecified atom stereocenters. The van der Waals surface area contributed by atoms with Crippen LogP contribution in [0.2, 0.25) is 0 Å². The molecule has 3 heteroatoms. The van der Waals surface area contributed by atoms with E-state index in [9.17, 15) is 0 Å². The number of hydrogen-bond acceptors (Lipinski definition) is 3. The van der Waals surface area contributed by atoms with Gasteiger partial charge >= 0.3 is 0 Å². The third kappa shape index (κ3) is 2.48. The molecular formula is C7H16O2S. The molecule has 0 rings (SSSR count). The van der Waals surface area contributed by atoms with Crippen LogP contribution in [0.3, 0.4) is 0 Å². The van der Waals surface area contributed by atoms with E-state index in [1.165, 1.54) is 0 Å². The molecule has 0 aliphatic carbocycles. The zero-order chi connectivity index (χ0) is 8.04.